The highest BCUT2D eigenvalue weighted by molar-refractivity contribution is 8.00. The fourth-order valence-corrected chi connectivity index (χ4v) is 1.48. The number of rotatable bonds is 5. The van der Waals surface area contributed by atoms with Crippen LogP contribution in [0.25, 0.3) is 0 Å². The van der Waals surface area contributed by atoms with Gasteiger partial charge < -0.3 is 5.73 Å². The van der Waals surface area contributed by atoms with Crippen molar-refractivity contribution in [1.29, 1.82) is 0 Å². The van der Waals surface area contributed by atoms with Gasteiger partial charge >= 0.3 is 0 Å². The van der Waals surface area contributed by atoms with E-state index in [1.54, 1.807) is 17.7 Å². The zero-order valence-corrected chi connectivity index (χ0v) is 8.57. The van der Waals surface area contributed by atoms with Gasteiger partial charge in [-0.1, -0.05) is 17.8 Å². The summed E-state index contributed by atoms with van der Waals surface area (Å²) in [4.78, 5) is 10.8. The van der Waals surface area contributed by atoms with Gasteiger partial charge in [-0.05, 0) is 17.4 Å². The van der Waals surface area contributed by atoms with E-state index in [0.29, 0.717) is 11.7 Å². The maximum Gasteiger partial charge on any atom is 0.230 e. The summed E-state index contributed by atoms with van der Waals surface area (Å²) in [5, 5.41) is 11.2. The minimum absolute atomic E-state index is 0.343. The monoisotopic (exact) mass is 213 g/mol. The van der Waals surface area contributed by atoms with Gasteiger partial charge in [-0.15, -0.1) is 11.7 Å². The van der Waals surface area contributed by atoms with Gasteiger partial charge in [0.25, 0.3) is 0 Å². The average molecular weight is 213 g/mol. The Hall–Kier alpha value is -1.37. The summed E-state index contributed by atoms with van der Waals surface area (Å²) in [6.07, 6.45) is 1.68. The fraction of sp³-hybridized carbons (Fsp3) is 0.429. The first-order chi connectivity index (χ1) is 6.65. The minimum Gasteiger partial charge on any atom is -0.369 e. The molecule has 1 atom stereocenters. The topological polar surface area (TPSA) is 86.7 Å². The van der Waals surface area contributed by atoms with E-state index in [0.717, 1.165) is 0 Å². The lowest BCUT2D eigenvalue weighted by Crippen LogP contribution is -2.23. The Bertz CT molecular complexity index is 337. The molecule has 0 aliphatic heterocycles. The summed E-state index contributed by atoms with van der Waals surface area (Å²) in [7, 11) is 0. The Balaban J connectivity index is 2.70. The molecular formula is C7H11N5OS. The molecule has 0 fully saturated rings. The summed E-state index contributed by atoms with van der Waals surface area (Å²) < 4.78 is 1.55. The third kappa shape index (κ3) is 2.56. The van der Waals surface area contributed by atoms with Gasteiger partial charge in [0.2, 0.25) is 11.1 Å². The Morgan fingerprint density at radius 1 is 1.86 bits per heavy atom. The lowest BCUT2D eigenvalue weighted by molar-refractivity contribution is -0.117. The van der Waals surface area contributed by atoms with Crippen molar-refractivity contribution in [2.75, 3.05) is 0 Å². The van der Waals surface area contributed by atoms with Crippen LogP contribution in [0.15, 0.2) is 17.8 Å². The smallest absolute Gasteiger partial charge is 0.230 e. The van der Waals surface area contributed by atoms with Gasteiger partial charge in [0.1, 0.15) is 0 Å². The van der Waals surface area contributed by atoms with E-state index < -0.39 is 0 Å². The quantitative estimate of drug-likeness (QED) is 0.542. The van der Waals surface area contributed by atoms with E-state index in [1.807, 2.05) is 0 Å². The maximum atomic E-state index is 10.8. The van der Waals surface area contributed by atoms with Gasteiger partial charge in [0.15, 0.2) is 0 Å². The first kappa shape index (κ1) is 10.7. The Morgan fingerprint density at radius 2 is 2.57 bits per heavy atom. The zero-order valence-electron chi connectivity index (χ0n) is 7.75. The van der Waals surface area contributed by atoms with Crippen molar-refractivity contribution in [3.63, 3.8) is 0 Å². The van der Waals surface area contributed by atoms with Crippen molar-refractivity contribution < 1.29 is 4.79 Å². The zero-order chi connectivity index (χ0) is 10.6. The van der Waals surface area contributed by atoms with Crippen molar-refractivity contribution in [2.45, 2.75) is 23.9 Å². The van der Waals surface area contributed by atoms with E-state index in [4.69, 9.17) is 5.73 Å². The predicted octanol–water partition coefficient (Wildman–Crippen LogP) is -0.175. The number of nitrogens with zero attached hydrogens (tertiary/aromatic N) is 4. The van der Waals surface area contributed by atoms with Crippen molar-refractivity contribution in [3.05, 3.63) is 12.7 Å². The lowest BCUT2D eigenvalue weighted by Gasteiger charge is -2.05. The van der Waals surface area contributed by atoms with Crippen molar-refractivity contribution in [1.82, 2.24) is 20.2 Å². The van der Waals surface area contributed by atoms with E-state index in [2.05, 4.69) is 22.1 Å². The van der Waals surface area contributed by atoms with Crippen LogP contribution in [0.1, 0.15) is 6.92 Å². The normalized spacial score (nSPS) is 12.4. The molecule has 14 heavy (non-hydrogen) atoms. The van der Waals surface area contributed by atoms with Gasteiger partial charge in [-0.2, -0.15) is 0 Å². The van der Waals surface area contributed by atoms with Crippen LogP contribution in [0.4, 0.5) is 0 Å². The van der Waals surface area contributed by atoms with Crippen molar-refractivity contribution in [2.24, 2.45) is 5.73 Å². The Kier molecular flexibility index (Phi) is 3.63. The van der Waals surface area contributed by atoms with Crippen LogP contribution in [0.3, 0.4) is 0 Å². The summed E-state index contributed by atoms with van der Waals surface area (Å²) in [5.41, 5.74) is 5.12. The first-order valence-electron chi connectivity index (χ1n) is 3.98. The number of carbonyl (C=O) groups excluding carboxylic acids is 1. The highest BCUT2D eigenvalue weighted by atomic mass is 32.2. The minimum atomic E-state index is -0.386. The molecule has 0 spiro atoms. The number of amides is 1. The molecule has 76 valence electrons. The van der Waals surface area contributed by atoms with E-state index in [9.17, 15) is 4.79 Å². The number of nitrogens with two attached hydrogens (primary N) is 1. The molecule has 1 aromatic heterocycles. The van der Waals surface area contributed by atoms with Crippen LogP contribution in [-0.2, 0) is 11.3 Å². The molecule has 1 heterocycles. The Labute approximate surface area is 85.5 Å². The fourth-order valence-electron chi connectivity index (χ4n) is 0.734. The highest BCUT2D eigenvalue weighted by Crippen LogP contribution is 2.19. The number of tetrazole rings is 1. The van der Waals surface area contributed by atoms with Crippen LogP contribution in [0, 0.1) is 0 Å². The molecule has 7 heteroatoms. The maximum absolute atomic E-state index is 10.8. The number of carbonyl (C=O) groups is 1. The molecular weight excluding hydrogens is 202 g/mol. The van der Waals surface area contributed by atoms with E-state index in [1.165, 1.54) is 11.8 Å². The van der Waals surface area contributed by atoms with Crippen LogP contribution >= 0.6 is 11.8 Å². The third-order valence-electron chi connectivity index (χ3n) is 1.48. The van der Waals surface area contributed by atoms with E-state index in [-0.39, 0.29) is 11.2 Å². The molecule has 1 rings (SSSR count). The van der Waals surface area contributed by atoms with Crippen LogP contribution in [-0.4, -0.2) is 31.4 Å². The van der Waals surface area contributed by atoms with Gasteiger partial charge in [0, 0.05) is 0 Å². The molecule has 1 amide bonds. The molecule has 0 radical (unpaired) electrons. The lowest BCUT2D eigenvalue weighted by atomic mass is 10.5. The molecule has 0 aliphatic carbocycles. The molecule has 0 saturated carbocycles. The van der Waals surface area contributed by atoms with E-state index >= 15 is 0 Å². The highest BCUT2D eigenvalue weighted by Gasteiger charge is 2.14. The predicted molar refractivity (Wildman–Crippen MR) is 52.5 cm³/mol. The molecule has 1 unspecified atom stereocenters. The molecule has 0 aromatic carbocycles. The van der Waals surface area contributed by atoms with Crippen LogP contribution < -0.4 is 5.73 Å². The number of thioether (sulfide) groups is 1. The van der Waals surface area contributed by atoms with Gasteiger partial charge in [0.05, 0.1) is 11.8 Å². The SMILES string of the molecule is C=CCn1nnnc1SC(C)C(N)=O. The van der Waals surface area contributed by atoms with Crippen molar-refractivity contribution >= 4 is 17.7 Å². The summed E-state index contributed by atoms with van der Waals surface area (Å²) in [6, 6.07) is 0. The average Bonchev–Trinajstić information content (AvgIpc) is 2.53. The number of allylic oxidation sites excluding steroid dienone is 1. The number of hydrogen-bond acceptors (Lipinski definition) is 5. The second-order valence-corrected chi connectivity index (χ2v) is 3.90. The second-order valence-electron chi connectivity index (χ2n) is 2.59. The molecule has 0 bridgehead atoms. The molecule has 1 aromatic rings. The van der Waals surface area contributed by atoms with Crippen LogP contribution in [0.2, 0.25) is 0 Å². The van der Waals surface area contributed by atoms with Gasteiger partial charge in [-0.25, -0.2) is 4.68 Å². The molecule has 2 N–H and O–H groups in total. The summed E-state index contributed by atoms with van der Waals surface area (Å²) in [5.74, 6) is -0.386. The molecule has 0 aliphatic rings. The first-order valence-corrected chi connectivity index (χ1v) is 4.86. The summed E-state index contributed by atoms with van der Waals surface area (Å²) >= 11 is 1.23. The molecule has 0 saturated heterocycles. The van der Waals surface area contributed by atoms with Gasteiger partial charge in [-0.3, -0.25) is 4.79 Å². The Morgan fingerprint density at radius 3 is 3.14 bits per heavy atom. The number of aromatic nitrogens is 4. The summed E-state index contributed by atoms with van der Waals surface area (Å²) in [6.45, 7) is 5.80. The number of primary amides is 1. The second kappa shape index (κ2) is 4.75. The number of hydrogen-bond donors (Lipinski definition) is 1. The standard InChI is InChI=1S/C7H11N5OS/c1-3-4-12-7(9-10-11-12)14-5(2)6(8)13/h3,5H,1,4H2,2H3,(H2,8,13). The molecule has 6 nitrogen and oxygen atoms in total. The largest absolute Gasteiger partial charge is 0.369 e. The van der Waals surface area contributed by atoms with Crippen LogP contribution in [0.5, 0.6) is 0 Å². The third-order valence-corrected chi connectivity index (χ3v) is 2.57. The van der Waals surface area contributed by atoms with Crippen molar-refractivity contribution in [3.8, 4) is 0 Å².